The first-order chi connectivity index (χ1) is 9.18. The predicted octanol–water partition coefficient (Wildman–Crippen LogP) is 1.19. The van der Waals surface area contributed by atoms with Crippen molar-refractivity contribution in [3.05, 3.63) is 0 Å². The average Bonchev–Trinajstić information content (AvgIpc) is 2.90. The van der Waals surface area contributed by atoms with Crippen molar-refractivity contribution in [1.29, 1.82) is 5.26 Å². The topological polar surface area (TPSA) is 42.3 Å². The van der Waals surface area contributed by atoms with Crippen molar-refractivity contribution in [3.63, 3.8) is 0 Å². The molecule has 1 saturated carbocycles. The molecule has 2 saturated heterocycles. The van der Waals surface area contributed by atoms with Gasteiger partial charge in [0.25, 0.3) is 0 Å². The summed E-state index contributed by atoms with van der Waals surface area (Å²) >= 11 is 0. The summed E-state index contributed by atoms with van der Waals surface area (Å²) < 4.78 is 0. The Morgan fingerprint density at radius 2 is 1.95 bits per heavy atom. The van der Waals surface area contributed by atoms with Crippen LogP contribution in [0.5, 0.6) is 0 Å². The molecule has 1 N–H and O–H groups in total. The van der Waals surface area contributed by atoms with Gasteiger partial charge in [-0.1, -0.05) is 0 Å². The lowest BCUT2D eigenvalue weighted by Gasteiger charge is -2.30. The second-order valence-corrected chi connectivity index (χ2v) is 6.78. The molecule has 2 atom stereocenters. The summed E-state index contributed by atoms with van der Waals surface area (Å²) in [4.78, 5) is 5.14. The second kappa shape index (κ2) is 5.40. The monoisotopic (exact) mass is 262 g/mol. The Kier molecular flexibility index (Phi) is 3.79. The molecule has 19 heavy (non-hydrogen) atoms. The van der Waals surface area contributed by atoms with Crippen molar-refractivity contribution in [2.75, 3.05) is 32.7 Å². The fraction of sp³-hybridized carbons (Fsp3) is 0.933. The van der Waals surface area contributed by atoms with E-state index in [4.69, 9.17) is 0 Å². The van der Waals surface area contributed by atoms with Gasteiger partial charge in [-0.15, -0.1) is 0 Å². The van der Waals surface area contributed by atoms with E-state index in [0.29, 0.717) is 6.04 Å². The molecule has 0 spiro atoms. The van der Waals surface area contributed by atoms with Crippen LogP contribution in [-0.4, -0.2) is 60.1 Å². The van der Waals surface area contributed by atoms with Crippen molar-refractivity contribution in [2.45, 2.75) is 56.7 Å². The van der Waals surface area contributed by atoms with Gasteiger partial charge in [-0.25, -0.2) is 0 Å². The highest BCUT2D eigenvalue weighted by atomic mass is 15.3. The molecule has 0 amide bonds. The number of nitriles is 1. The fourth-order valence-corrected chi connectivity index (χ4v) is 3.60. The van der Waals surface area contributed by atoms with Crippen LogP contribution in [0.25, 0.3) is 0 Å². The lowest BCUT2D eigenvalue weighted by molar-refractivity contribution is 0.213. The number of nitrogens with zero attached hydrogens (tertiary/aromatic N) is 3. The molecule has 0 aromatic rings. The standard InChI is InChI=1S/C15H26N4/c1-15(11-16,17-13-4-5-13)12-18-9-6-14(10-18)19-7-2-3-8-19/h13-14,17H,2-10,12H2,1H3. The van der Waals surface area contributed by atoms with Crippen LogP contribution in [0.3, 0.4) is 0 Å². The summed E-state index contributed by atoms with van der Waals surface area (Å²) in [6.07, 6.45) is 6.51. The van der Waals surface area contributed by atoms with Gasteiger partial charge in [-0.2, -0.15) is 5.26 Å². The van der Waals surface area contributed by atoms with E-state index in [0.717, 1.165) is 25.7 Å². The fourth-order valence-electron chi connectivity index (χ4n) is 3.60. The molecule has 3 aliphatic rings. The third kappa shape index (κ3) is 3.28. The molecule has 106 valence electrons. The molecular weight excluding hydrogens is 236 g/mol. The minimum Gasteiger partial charge on any atom is -0.299 e. The Labute approximate surface area is 116 Å². The number of hydrogen-bond acceptors (Lipinski definition) is 4. The molecule has 1 aliphatic carbocycles. The van der Waals surface area contributed by atoms with Crippen molar-refractivity contribution >= 4 is 0 Å². The summed E-state index contributed by atoms with van der Waals surface area (Å²) in [5.74, 6) is 0. The molecule has 3 fully saturated rings. The van der Waals surface area contributed by atoms with Gasteiger partial charge in [-0.3, -0.25) is 15.1 Å². The predicted molar refractivity (Wildman–Crippen MR) is 75.8 cm³/mol. The maximum absolute atomic E-state index is 9.45. The molecule has 4 nitrogen and oxygen atoms in total. The van der Waals surface area contributed by atoms with E-state index >= 15 is 0 Å². The molecule has 2 unspecified atom stereocenters. The highest BCUT2D eigenvalue weighted by Gasteiger charge is 2.37. The van der Waals surface area contributed by atoms with Gasteiger partial charge in [0.1, 0.15) is 5.54 Å². The third-order valence-electron chi connectivity index (χ3n) is 4.79. The number of rotatable bonds is 5. The van der Waals surface area contributed by atoms with Crippen LogP contribution >= 0.6 is 0 Å². The highest BCUT2D eigenvalue weighted by Crippen LogP contribution is 2.25. The van der Waals surface area contributed by atoms with Crippen molar-refractivity contribution in [1.82, 2.24) is 15.1 Å². The molecular formula is C15H26N4. The Bertz CT molecular complexity index is 354. The van der Waals surface area contributed by atoms with Gasteiger partial charge >= 0.3 is 0 Å². The lowest BCUT2D eigenvalue weighted by Crippen LogP contribution is -2.51. The third-order valence-corrected chi connectivity index (χ3v) is 4.79. The van der Waals surface area contributed by atoms with E-state index in [1.165, 1.54) is 45.2 Å². The van der Waals surface area contributed by atoms with Crippen molar-refractivity contribution in [2.24, 2.45) is 0 Å². The van der Waals surface area contributed by atoms with Crippen molar-refractivity contribution < 1.29 is 0 Å². The first-order valence-electron chi connectivity index (χ1n) is 7.84. The minimum absolute atomic E-state index is 0.360. The van der Waals surface area contributed by atoms with E-state index in [9.17, 15) is 5.26 Å². The molecule has 2 aliphatic heterocycles. The molecule has 0 radical (unpaired) electrons. The second-order valence-electron chi connectivity index (χ2n) is 6.78. The highest BCUT2D eigenvalue weighted by molar-refractivity contribution is 5.09. The first kappa shape index (κ1) is 13.4. The lowest BCUT2D eigenvalue weighted by atomic mass is 10.0. The molecule has 2 heterocycles. The van der Waals surface area contributed by atoms with Crippen LogP contribution < -0.4 is 5.32 Å². The van der Waals surface area contributed by atoms with Crippen LogP contribution in [0.4, 0.5) is 0 Å². The van der Waals surface area contributed by atoms with E-state index in [-0.39, 0.29) is 5.54 Å². The SMILES string of the molecule is CC(C#N)(CN1CCC(N2CCCC2)C1)NC1CC1. The Morgan fingerprint density at radius 1 is 1.21 bits per heavy atom. The van der Waals surface area contributed by atoms with Gasteiger partial charge in [0.2, 0.25) is 0 Å². The van der Waals surface area contributed by atoms with Crippen LogP contribution in [-0.2, 0) is 0 Å². The minimum atomic E-state index is -0.360. The zero-order valence-corrected chi connectivity index (χ0v) is 12.1. The average molecular weight is 262 g/mol. The normalized spacial score (nSPS) is 32.3. The largest absolute Gasteiger partial charge is 0.299 e. The van der Waals surface area contributed by atoms with Crippen LogP contribution in [0, 0.1) is 11.3 Å². The maximum Gasteiger partial charge on any atom is 0.116 e. The number of nitrogens with one attached hydrogen (secondary N) is 1. The molecule has 4 heteroatoms. The van der Waals surface area contributed by atoms with Crippen LogP contribution in [0.2, 0.25) is 0 Å². The molecule has 0 aromatic carbocycles. The van der Waals surface area contributed by atoms with Gasteiger partial charge in [0.15, 0.2) is 0 Å². The smallest absolute Gasteiger partial charge is 0.116 e. The summed E-state index contributed by atoms with van der Waals surface area (Å²) in [6.45, 7) is 7.83. The zero-order valence-electron chi connectivity index (χ0n) is 12.1. The quantitative estimate of drug-likeness (QED) is 0.808. The van der Waals surface area contributed by atoms with E-state index < -0.39 is 0 Å². The van der Waals surface area contributed by atoms with Gasteiger partial charge < -0.3 is 0 Å². The summed E-state index contributed by atoms with van der Waals surface area (Å²) in [7, 11) is 0. The molecule has 0 aromatic heterocycles. The van der Waals surface area contributed by atoms with Gasteiger partial charge in [0.05, 0.1) is 6.07 Å². The van der Waals surface area contributed by atoms with Crippen LogP contribution in [0.15, 0.2) is 0 Å². The number of likely N-dealkylation sites (tertiary alicyclic amines) is 2. The summed E-state index contributed by atoms with van der Waals surface area (Å²) in [5, 5.41) is 13.0. The Balaban J connectivity index is 1.51. The van der Waals surface area contributed by atoms with Crippen molar-refractivity contribution in [3.8, 4) is 6.07 Å². The first-order valence-corrected chi connectivity index (χ1v) is 7.84. The van der Waals surface area contributed by atoms with Crippen LogP contribution in [0.1, 0.15) is 39.0 Å². The summed E-state index contributed by atoms with van der Waals surface area (Å²) in [6, 6.07) is 3.84. The van der Waals surface area contributed by atoms with Gasteiger partial charge in [-0.05, 0) is 58.7 Å². The van der Waals surface area contributed by atoms with E-state index in [2.05, 4.69) is 28.1 Å². The zero-order chi connectivity index (χ0) is 13.3. The number of hydrogen-bond donors (Lipinski definition) is 1. The Hall–Kier alpha value is -0.630. The maximum atomic E-state index is 9.45. The van der Waals surface area contributed by atoms with E-state index in [1.54, 1.807) is 0 Å². The van der Waals surface area contributed by atoms with Gasteiger partial charge in [0, 0.05) is 25.2 Å². The Morgan fingerprint density at radius 3 is 2.58 bits per heavy atom. The van der Waals surface area contributed by atoms with E-state index in [1.807, 2.05) is 0 Å². The molecule has 3 rings (SSSR count). The summed E-state index contributed by atoms with van der Waals surface area (Å²) in [5.41, 5.74) is -0.360. The molecule has 0 bridgehead atoms.